The lowest BCUT2D eigenvalue weighted by molar-refractivity contribution is 0.0697. The van der Waals surface area contributed by atoms with E-state index in [9.17, 15) is 9.59 Å². The van der Waals surface area contributed by atoms with Gasteiger partial charge in [-0.15, -0.1) is 0 Å². The summed E-state index contributed by atoms with van der Waals surface area (Å²) in [5, 5.41) is 11.8. The molecule has 1 aliphatic heterocycles. The third-order valence-electron chi connectivity index (χ3n) is 4.07. The van der Waals surface area contributed by atoms with Crippen LogP contribution in [0.25, 0.3) is 0 Å². The Labute approximate surface area is 146 Å². The molecule has 0 bridgehead atoms. The first-order chi connectivity index (χ1) is 12.0. The molecule has 2 aromatic carbocycles. The summed E-state index contributed by atoms with van der Waals surface area (Å²) >= 11 is 0. The fourth-order valence-corrected chi connectivity index (χ4v) is 2.79. The predicted octanol–water partition coefficient (Wildman–Crippen LogP) is 2.88. The fraction of sp³-hybridized carbons (Fsp3) is 0.263. The molecule has 1 unspecified atom stereocenters. The summed E-state index contributed by atoms with van der Waals surface area (Å²) in [5.74, 6) is -0.151. The van der Waals surface area contributed by atoms with Crippen LogP contribution in [0.1, 0.15) is 28.4 Å². The second kappa shape index (κ2) is 7.25. The van der Waals surface area contributed by atoms with Crippen LogP contribution in [0.2, 0.25) is 0 Å². The van der Waals surface area contributed by atoms with E-state index in [2.05, 4.69) is 5.32 Å². The number of para-hydroxylation sites is 1. The Morgan fingerprint density at radius 2 is 1.92 bits per heavy atom. The van der Waals surface area contributed by atoms with Gasteiger partial charge in [-0.2, -0.15) is 0 Å². The summed E-state index contributed by atoms with van der Waals surface area (Å²) in [6.45, 7) is 3.27. The van der Waals surface area contributed by atoms with Gasteiger partial charge in [-0.25, -0.2) is 9.59 Å². The third kappa shape index (κ3) is 4.09. The number of hydrogen-bond donors (Lipinski definition) is 2. The monoisotopic (exact) mass is 340 g/mol. The Bertz CT molecular complexity index is 773. The molecule has 1 heterocycles. The van der Waals surface area contributed by atoms with E-state index in [-0.39, 0.29) is 17.7 Å². The molecule has 2 aromatic rings. The van der Waals surface area contributed by atoms with Crippen molar-refractivity contribution < 1.29 is 19.4 Å². The van der Waals surface area contributed by atoms with E-state index in [0.717, 1.165) is 16.9 Å². The minimum absolute atomic E-state index is 0.0933. The lowest BCUT2D eigenvalue weighted by Gasteiger charge is -2.22. The summed E-state index contributed by atoms with van der Waals surface area (Å²) in [6, 6.07) is 14.0. The summed E-state index contributed by atoms with van der Waals surface area (Å²) in [5.41, 5.74) is 2.05. The average Bonchev–Trinajstić information content (AvgIpc) is 2.78. The van der Waals surface area contributed by atoms with Gasteiger partial charge in [0, 0.05) is 12.1 Å². The largest absolute Gasteiger partial charge is 0.489 e. The molecule has 0 saturated carbocycles. The first kappa shape index (κ1) is 16.8. The van der Waals surface area contributed by atoms with Gasteiger partial charge in [-0.1, -0.05) is 30.3 Å². The van der Waals surface area contributed by atoms with Crippen LogP contribution < -0.4 is 10.1 Å². The van der Waals surface area contributed by atoms with E-state index in [4.69, 9.17) is 9.84 Å². The molecule has 25 heavy (non-hydrogen) atoms. The molecule has 2 amide bonds. The van der Waals surface area contributed by atoms with Gasteiger partial charge < -0.3 is 20.1 Å². The maximum atomic E-state index is 12.5. The van der Waals surface area contributed by atoms with Crippen molar-refractivity contribution in [1.29, 1.82) is 0 Å². The maximum absolute atomic E-state index is 12.5. The van der Waals surface area contributed by atoms with Gasteiger partial charge >= 0.3 is 12.0 Å². The Hall–Kier alpha value is -3.02. The van der Waals surface area contributed by atoms with Crippen molar-refractivity contribution in [2.75, 3.05) is 6.54 Å². The number of nitrogens with one attached hydrogen (secondary N) is 1. The van der Waals surface area contributed by atoms with Crippen LogP contribution in [0.3, 0.4) is 0 Å². The normalized spacial score (nSPS) is 16.4. The van der Waals surface area contributed by atoms with E-state index in [1.807, 2.05) is 31.2 Å². The second-order valence-electron chi connectivity index (χ2n) is 6.08. The van der Waals surface area contributed by atoms with Gasteiger partial charge in [0.05, 0.1) is 18.7 Å². The highest BCUT2D eigenvalue weighted by Gasteiger charge is 2.23. The molecule has 130 valence electrons. The molecular formula is C19H20N2O4. The van der Waals surface area contributed by atoms with Crippen molar-refractivity contribution in [1.82, 2.24) is 10.2 Å². The van der Waals surface area contributed by atoms with Gasteiger partial charge in [0.1, 0.15) is 11.9 Å². The molecule has 6 nitrogen and oxygen atoms in total. The van der Waals surface area contributed by atoms with Gasteiger partial charge in [0.15, 0.2) is 0 Å². The number of carbonyl (C=O) groups excluding carboxylic acids is 1. The van der Waals surface area contributed by atoms with E-state index in [1.54, 1.807) is 17.0 Å². The number of aromatic carboxylic acids is 1. The minimum atomic E-state index is -0.965. The number of carbonyl (C=O) groups is 2. The second-order valence-corrected chi connectivity index (χ2v) is 6.08. The van der Waals surface area contributed by atoms with Crippen LogP contribution in [0, 0.1) is 0 Å². The number of rotatable bonds is 3. The number of hydrogen-bond acceptors (Lipinski definition) is 3. The zero-order chi connectivity index (χ0) is 17.8. The molecule has 0 aromatic heterocycles. The SMILES string of the molecule is CC1CN(C(=O)NCc2ccc(C(=O)O)cc2)Cc2ccccc2O1. The lowest BCUT2D eigenvalue weighted by Crippen LogP contribution is -2.42. The molecule has 0 fully saturated rings. The first-order valence-electron chi connectivity index (χ1n) is 8.12. The van der Waals surface area contributed by atoms with Crippen molar-refractivity contribution in [3.05, 3.63) is 65.2 Å². The van der Waals surface area contributed by atoms with Crippen molar-refractivity contribution in [2.45, 2.75) is 26.1 Å². The minimum Gasteiger partial charge on any atom is -0.489 e. The first-order valence-corrected chi connectivity index (χ1v) is 8.12. The molecule has 0 radical (unpaired) electrons. The molecule has 6 heteroatoms. The van der Waals surface area contributed by atoms with Crippen LogP contribution >= 0.6 is 0 Å². The number of nitrogens with zero attached hydrogens (tertiary/aromatic N) is 1. The molecule has 0 spiro atoms. The van der Waals surface area contributed by atoms with Crippen molar-refractivity contribution in [3.63, 3.8) is 0 Å². The summed E-state index contributed by atoms with van der Waals surface area (Å²) < 4.78 is 5.86. The van der Waals surface area contributed by atoms with Crippen LogP contribution in [0.4, 0.5) is 4.79 Å². The van der Waals surface area contributed by atoms with Gasteiger partial charge in [0.2, 0.25) is 0 Å². The lowest BCUT2D eigenvalue weighted by atomic mass is 10.1. The smallest absolute Gasteiger partial charge is 0.335 e. The number of carboxylic acids is 1. The number of ether oxygens (including phenoxy) is 1. The molecule has 2 N–H and O–H groups in total. The highest BCUT2D eigenvalue weighted by Crippen LogP contribution is 2.24. The topological polar surface area (TPSA) is 78.9 Å². The van der Waals surface area contributed by atoms with Crippen LogP contribution in [0.5, 0.6) is 5.75 Å². The predicted molar refractivity (Wildman–Crippen MR) is 92.6 cm³/mol. The summed E-state index contributed by atoms with van der Waals surface area (Å²) in [6.07, 6.45) is -0.0933. The Balaban J connectivity index is 1.63. The average molecular weight is 340 g/mol. The highest BCUT2D eigenvalue weighted by atomic mass is 16.5. The Kier molecular flexibility index (Phi) is 4.88. The fourth-order valence-electron chi connectivity index (χ4n) is 2.79. The van der Waals surface area contributed by atoms with E-state index in [0.29, 0.717) is 19.6 Å². The van der Waals surface area contributed by atoms with E-state index >= 15 is 0 Å². The van der Waals surface area contributed by atoms with Crippen LogP contribution in [0.15, 0.2) is 48.5 Å². The number of amides is 2. The van der Waals surface area contributed by atoms with Crippen LogP contribution in [-0.4, -0.2) is 34.7 Å². The zero-order valence-corrected chi connectivity index (χ0v) is 13.9. The van der Waals surface area contributed by atoms with Crippen molar-refractivity contribution in [2.24, 2.45) is 0 Å². The van der Waals surface area contributed by atoms with E-state index in [1.165, 1.54) is 12.1 Å². The summed E-state index contributed by atoms with van der Waals surface area (Å²) in [4.78, 5) is 25.1. The molecule has 3 rings (SSSR count). The molecule has 0 aliphatic carbocycles. The van der Waals surface area contributed by atoms with Crippen LogP contribution in [-0.2, 0) is 13.1 Å². The highest BCUT2D eigenvalue weighted by molar-refractivity contribution is 5.87. The number of carboxylic acid groups (broad SMARTS) is 1. The van der Waals surface area contributed by atoms with E-state index < -0.39 is 5.97 Å². The maximum Gasteiger partial charge on any atom is 0.335 e. The zero-order valence-electron chi connectivity index (χ0n) is 13.9. The Morgan fingerprint density at radius 3 is 2.64 bits per heavy atom. The van der Waals surface area contributed by atoms with Crippen molar-refractivity contribution in [3.8, 4) is 5.75 Å². The number of urea groups is 1. The standard InChI is InChI=1S/C19H20N2O4/c1-13-11-21(12-16-4-2-3-5-17(16)25-13)19(24)20-10-14-6-8-15(9-7-14)18(22)23/h2-9,13H,10-12H2,1H3,(H,20,24)(H,22,23). The molecular weight excluding hydrogens is 320 g/mol. The Morgan fingerprint density at radius 1 is 1.20 bits per heavy atom. The molecule has 0 saturated heterocycles. The van der Waals surface area contributed by atoms with Gasteiger partial charge in [0.25, 0.3) is 0 Å². The quantitative estimate of drug-likeness (QED) is 0.900. The third-order valence-corrected chi connectivity index (χ3v) is 4.07. The molecule has 1 aliphatic rings. The number of benzene rings is 2. The summed E-state index contributed by atoms with van der Waals surface area (Å²) in [7, 11) is 0. The van der Waals surface area contributed by atoms with Gasteiger partial charge in [-0.3, -0.25) is 0 Å². The molecule has 1 atom stereocenters. The van der Waals surface area contributed by atoms with Gasteiger partial charge in [-0.05, 0) is 30.7 Å². The van der Waals surface area contributed by atoms with Crippen molar-refractivity contribution >= 4 is 12.0 Å². The number of fused-ring (bicyclic) bond motifs is 1.